The van der Waals surface area contributed by atoms with Crippen LogP contribution >= 0.6 is 0 Å². The molecule has 0 atom stereocenters. The summed E-state index contributed by atoms with van der Waals surface area (Å²) in [5, 5.41) is 12.8. The SMILES string of the molecule is Cc1noc(C)c1C(=O)NCCNc1cc(Nc2ccccn2)ncn1. The van der Waals surface area contributed by atoms with E-state index in [0.29, 0.717) is 47.6 Å². The normalized spacial score (nSPS) is 10.4. The molecule has 0 bridgehead atoms. The lowest BCUT2D eigenvalue weighted by molar-refractivity contribution is 0.0953. The van der Waals surface area contributed by atoms with Gasteiger partial charge in [-0.2, -0.15) is 0 Å². The van der Waals surface area contributed by atoms with Crippen LogP contribution in [-0.4, -0.2) is 39.1 Å². The minimum atomic E-state index is -0.205. The predicted octanol–water partition coefficient (Wildman–Crippen LogP) is 2.06. The summed E-state index contributed by atoms with van der Waals surface area (Å²) in [4.78, 5) is 24.6. The first-order valence-electron chi connectivity index (χ1n) is 8.08. The lowest BCUT2D eigenvalue weighted by Gasteiger charge is -2.09. The number of amides is 1. The molecule has 9 heteroatoms. The Morgan fingerprint density at radius 2 is 1.92 bits per heavy atom. The summed E-state index contributed by atoms with van der Waals surface area (Å²) in [6.07, 6.45) is 3.15. The molecule has 0 saturated heterocycles. The monoisotopic (exact) mass is 353 g/mol. The Labute approximate surface area is 150 Å². The van der Waals surface area contributed by atoms with Gasteiger partial charge in [-0.3, -0.25) is 4.79 Å². The Hall–Kier alpha value is -3.49. The van der Waals surface area contributed by atoms with Crippen LogP contribution in [-0.2, 0) is 0 Å². The molecule has 0 radical (unpaired) electrons. The van der Waals surface area contributed by atoms with Crippen molar-refractivity contribution in [3.8, 4) is 0 Å². The molecule has 0 aliphatic heterocycles. The van der Waals surface area contributed by atoms with Crippen LogP contribution in [0.5, 0.6) is 0 Å². The third-order valence-electron chi connectivity index (χ3n) is 3.57. The largest absolute Gasteiger partial charge is 0.368 e. The molecule has 0 spiro atoms. The lowest BCUT2D eigenvalue weighted by Crippen LogP contribution is -2.29. The van der Waals surface area contributed by atoms with Crippen molar-refractivity contribution in [2.75, 3.05) is 23.7 Å². The number of nitrogens with one attached hydrogen (secondary N) is 3. The van der Waals surface area contributed by atoms with E-state index in [9.17, 15) is 4.79 Å². The highest BCUT2D eigenvalue weighted by Crippen LogP contribution is 2.14. The Morgan fingerprint density at radius 3 is 2.65 bits per heavy atom. The molecule has 0 unspecified atom stereocenters. The second-order valence-corrected chi connectivity index (χ2v) is 5.51. The fourth-order valence-corrected chi connectivity index (χ4v) is 2.35. The summed E-state index contributed by atoms with van der Waals surface area (Å²) >= 11 is 0. The second kappa shape index (κ2) is 8.06. The zero-order chi connectivity index (χ0) is 18.4. The van der Waals surface area contributed by atoms with Gasteiger partial charge in [0.1, 0.15) is 35.1 Å². The molecule has 0 aliphatic rings. The number of aromatic nitrogens is 4. The van der Waals surface area contributed by atoms with Crippen molar-refractivity contribution < 1.29 is 9.32 Å². The van der Waals surface area contributed by atoms with Crippen molar-refractivity contribution in [2.45, 2.75) is 13.8 Å². The van der Waals surface area contributed by atoms with Gasteiger partial charge in [-0.1, -0.05) is 11.2 Å². The smallest absolute Gasteiger partial charge is 0.256 e. The number of carbonyl (C=O) groups excluding carboxylic acids is 1. The van der Waals surface area contributed by atoms with E-state index >= 15 is 0 Å². The topological polar surface area (TPSA) is 118 Å². The molecule has 3 heterocycles. The van der Waals surface area contributed by atoms with Gasteiger partial charge in [0.05, 0.1) is 5.69 Å². The maximum absolute atomic E-state index is 12.1. The van der Waals surface area contributed by atoms with Crippen LogP contribution in [0.4, 0.5) is 17.5 Å². The van der Waals surface area contributed by atoms with E-state index in [1.54, 1.807) is 26.1 Å². The first-order valence-corrected chi connectivity index (χ1v) is 8.08. The van der Waals surface area contributed by atoms with Crippen LogP contribution in [0.2, 0.25) is 0 Å². The molecule has 3 aromatic heterocycles. The number of rotatable bonds is 7. The number of hydrogen-bond acceptors (Lipinski definition) is 8. The molecule has 0 aliphatic carbocycles. The van der Waals surface area contributed by atoms with Crippen LogP contribution in [0.15, 0.2) is 41.3 Å². The third-order valence-corrected chi connectivity index (χ3v) is 3.57. The van der Waals surface area contributed by atoms with Gasteiger partial charge in [0, 0.05) is 25.4 Å². The number of hydrogen-bond donors (Lipinski definition) is 3. The van der Waals surface area contributed by atoms with E-state index in [2.05, 4.69) is 36.1 Å². The van der Waals surface area contributed by atoms with Gasteiger partial charge < -0.3 is 20.5 Å². The van der Waals surface area contributed by atoms with E-state index in [1.807, 2.05) is 18.2 Å². The Bertz CT molecular complexity index is 860. The second-order valence-electron chi connectivity index (χ2n) is 5.51. The summed E-state index contributed by atoms with van der Waals surface area (Å²) in [5.41, 5.74) is 1.06. The predicted molar refractivity (Wildman–Crippen MR) is 96.4 cm³/mol. The van der Waals surface area contributed by atoms with E-state index in [-0.39, 0.29) is 5.91 Å². The zero-order valence-corrected chi connectivity index (χ0v) is 14.5. The van der Waals surface area contributed by atoms with Crippen LogP contribution in [0.1, 0.15) is 21.8 Å². The minimum absolute atomic E-state index is 0.205. The van der Waals surface area contributed by atoms with Crippen molar-refractivity contribution in [3.63, 3.8) is 0 Å². The Balaban J connectivity index is 1.49. The maximum atomic E-state index is 12.1. The van der Waals surface area contributed by atoms with Crippen molar-refractivity contribution in [1.29, 1.82) is 0 Å². The number of nitrogens with zero attached hydrogens (tertiary/aromatic N) is 4. The number of aryl methyl sites for hydroxylation is 2. The van der Waals surface area contributed by atoms with Crippen molar-refractivity contribution in [3.05, 3.63) is 53.8 Å². The van der Waals surface area contributed by atoms with Crippen molar-refractivity contribution >= 4 is 23.4 Å². The van der Waals surface area contributed by atoms with Gasteiger partial charge in [0.2, 0.25) is 0 Å². The van der Waals surface area contributed by atoms with E-state index in [1.165, 1.54) is 6.33 Å². The summed E-state index contributed by atoms with van der Waals surface area (Å²) in [7, 11) is 0. The zero-order valence-electron chi connectivity index (χ0n) is 14.5. The standard InChI is InChI=1S/C17H19N7O2/c1-11-16(12(2)26-24-11)17(25)20-8-7-19-14-9-15(22-10-21-14)23-13-5-3-4-6-18-13/h3-6,9-10H,7-8H2,1-2H3,(H,20,25)(H2,18,19,21,22,23). The first kappa shape index (κ1) is 17.3. The Kier molecular flexibility index (Phi) is 5.37. The summed E-state index contributed by atoms with van der Waals surface area (Å²) in [6.45, 7) is 4.38. The van der Waals surface area contributed by atoms with Crippen LogP contribution in [0, 0.1) is 13.8 Å². The number of anilines is 3. The van der Waals surface area contributed by atoms with Crippen LogP contribution in [0.3, 0.4) is 0 Å². The third kappa shape index (κ3) is 4.32. The van der Waals surface area contributed by atoms with E-state index < -0.39 is 0 Å². The fraction of sp³-hybridized carbons (Fsp3) is 0.235. The highest BCUT2D eigenvalue weighted by molar-refractivity contribution is 5.96. The Morgan fingerprint density at radius 1 is 1.08 bits per heavy atom. The number of pyridine rings is 1. The average Bonchev–Trinajstić information content (AvgIpc) is 2.98. The van der Waals surface area contributed by atoms with Gasteiger partial charge >= 0.3 is 0 Å². The molecule has 3 rings (SSSR count). The molecule has 0 saturated carbocycles. The molecule has 3 aromatic rings. The first-order chi connectivity index (χ1) is 12.6. The highest BCUT2D eigenvalue weighted by Gasteiger charge is 2.16. The van der Waals surface area contributed by atoms with Crippen LogP contribution in [0.25, 0.3) is 0 Å². The quantitative estimate of drug-likeness (QED) is 0.553. The van der Waals surface area contributed by atoms with Gasteiger partial charge in [0.15, 0.2) is 0 Å². The summed E-state index contributed by atoms with van der Waals surface area (Å²) < 4.78 is 5.00. The number of carbonyl (C=O) groups is 1. The lowest BCUT2D eigenvalue weighted by atomic mass is 10.2. The van der Waals surface area contributed by atoms with Crippen molar-refractivity contribution in [2.24, 2.45) is 0 Å². The average molecular weight is 353 g/mol. The molecule has 0 aromatic carbocycles. The molecular weight excluding hydrogens is 334 g/mol. The fourth-order valence-electron chi connectivity index (χ4n) is 2.35. The molecule has 134 valence electrons. The van der Waals surface area contributed by atoms with E-state index in [4.69, 9.17) is 4.52 Å². The molecule has 3 N–H and O–H groups in total. The summed E-state index contributed by atoms with van der Waals surface area (Å²) in [6, 6.07) is 7.34. The molecule has 26 heavy (non-hydrogen) atoms. The van der Waals surface area contributed by atoms with Crippen molar-refractivity contribution in [1.82, 2.24) is 25.4 Å². The van der Waals surface area contributed by atoms with Gasteiger partial charge in [-0.15, -0.1) is 0 Å². The minimum Gasteiger partial charge on any atom is -0.368 e. The maximum Gasteiger partial charge on any atom is 0.256 e. The molecule has 9 nitrogen and oxygen atoms in total. The van der Waals surface area contributed by atoms with Gasteiger partial charge in [0.25, 0.3) is 5.91 Å². The molecular formula is C17H19N7O2. The van der Waals surface area contributed by atoms with E-state index in [0.717, 1.165) is 0 Å². The van der Waals surface area contributed by atoms with Crippen LogP contribution < -0.4 is 16.0 Å². The van der Waals surface area contributed by atoms with Gasteiger partial charge in [-0.05, 0) is 26.0 Å². The molecule has 1 amide bonds. The molecule has 0 fully saturated rings. The highest BCUT2D eigenvalue weighted by atomic mass is 16.5. The summed E-state index contributed by atoms with van der Waals surface area (Å²) in [5.74, 6) is 2.27. The van der Waals surface area contributed by atoms with Gasteiger partial charge in [-0.25, -0.2) is 15.0 Å².